The zero-order chi connectivity index (χ0) is 42.6. The summed E-state index contributed by atoms with van der Waals surface area (Å²) < 4.78 is 0. The molecule has 3 aromatic rings. The molecule has 0 radical (unpaired) electrons. The number of carbonyl (C=O) groups is 3. The second-order valence-corrected chi connectivity index (χ2v) is 17.9. The summed E-state index contributed by atoms with van der Waals surface area (Å²) >= 11 is -0.826. The van der Waals surface area contributed by atoms with Crippen LogP contribution in [-0.2, 0) is 27.2 Å². The molecule has 304 valence electrons. The number of hydrogen-bond acceptors (Lipinski definition) is 7. The summed E-state index contributed by atoms with van der Waals surface area (Å²) in [5.41, 5.74) is 30.7. The fourth-order valence-corrected chi connectivity index (χ4v) is 6.86. The number of nitrogens with one attached hydrogen (secondary N) is 2. The van der Waals surface area contributed by atoms with Crippen LogP contribution in [0.1, 0.15) is 111 Å². The van der Waals surface area contributed by atoms with Gasteiger partial charge in [-0.1, -0.05) is 13.8 Å². The van der Waals surface area contributed by atoms with Crippen LogP contribution in [0.5, 0.6) is 0 Å². The molecular weight excluding hydrogens is 878 g/mol. The molecule has 3 aromatic heterocycles. The van der Waals surface area contributed by atoms with Crippen molar-refractivity contribution in [3.05, 3.63) is 69.3 Å². The van der Waals surface area contributed by atoms with Crippen LogP contribution in [-0.4, -0.2) is 90.6 Å². The molecule has 0 unspecified atom stereocenters. The molecule has 14 nitrogen and oxygen atoms in total. The third kappa shape index (κ3) is 12.6. The molecule has 5 heterocycles. The second-order valence-electron chi connectivity index (χ2n) is 13.6. The number of guanidine groups is 1. The number of carboxylic acids is 3. The van der Waals surface area contributed by atoms with Gasteiger partial charge in [0.25, 0.3) is 0 Å². The van der Waals surface area contributed by atoms with Gasteiger partial charge in [0.1, 0.15) is 6.04 Å². The Labute approximate surface area is 349 Å². The summed E-state index contributed by atoms with van der Waals surface area (Å²) in [5, 5.41) is 27.3. The van der Waals surface area contributed by atoms with E-state index in [4.69, 9.17) is 50.1 Å². The van der Waals surface area contributed by atoms with E-state index in [0.717, 1.165) is 74.2 Å². The molecule has 0 saturated carbocycles. The molecule has 57 heavy (non-hydrogen) atoms. The van der Waals surface area contributed by atoms with Crippen molar-refractivity contribution in [2.45, 2.75) is 99.0 Å². The number of nitrogens with two attached hydrogens (primary N) is 3. The standard InChI is InChI=1S/C34H38N4O4.C6H14N4O2.2ClH.Sn/c1-7-21-17(3)25-13-26-19(5)23(9-11-33(39)40)31(37-26)16-32-24(10-12-34(41)42)20(6)28(38-32)15-30-22(8-2)18(4)27(36-30)14-29(21)35-25;7-4(5(11)12)2-1-3-10-6(8)9;;;/h13-16,35-36H,7-12H2,1-6H3,(H,39,40)(H,41,42);4H,1-3,7H2,(H,11,12)(H4,8,9,10);2*1H;/q;;;;+4/p-2/t;4-;;;/m.0.../s1. The van der Waals surface area contributed by atoms with E-state index < -0.39 is 42.8 Å². The second kappa shape index (κ2) is 22.0. The summed E-state index contributed by atoms with van der Waals surface area (Å²) in [6.45, 7) is 13.0. The fourth-order valence-electron chi connectivity index (χ4n) is 6.86. The van der Waals surface area contributed by atoms with Crippen molar-refractivity contribution in [2.24, 2.45) is 22.2 Å². The number of aromatic nitrogens is 4. The number of rotatable bonds is 13. The number of allylic oxidation sites excluding steroid dienone is 4. The quantitative estimate of drug-likeness (QED) is 0.0371. The normalized spacial score (nSPS) is 12.5. The average molecular weight is 931 g/mol. The Hall–Kier alpha value is -4.38. The van der Waals surface area contributed by atoms with E-state index in [9.17, 15) is 24.6 Å². The van der Waals surface area contributed by atoms with E-state index >= 15 is 0 Å². The fraction of sp³-hybridized carbons (Fsp3) is 0.400. The van der Waals surface area contributed by atoms with Crippen LogP contribution in [0.3, 0.4) is 0 Å². The maximum absolute atomic E-state index is 11.5. The van der Waals surface area contributed by atoms with Crippen molar-refractivity contribution in [2.75, 3.05) is 6.54 Å². The van der Waals surface area contributed by atoms with Gasteiger partial charge in [0, 0.05) is 41.5 Å². The Morgan fingerprint density at radius 3 is 1.56 bits per heavy atom. The zero-order valence-electron chi connectivity index (χ0n) is 33.1. The Morgan fingerprint density at radius 1 is 0.737 bits per heavy atom. The first-order chi connectivity index (χ1) is 27.0. The van der Waals surface area contributed by atoms with Crippen molar-refractivity contribution < 1.29 is 29.7 Å². The Bertz CT molecular complexity index is 2240. The Kier molecular flexibility index (Phi) is 18.1. The molecule has 0 aromatic carbocycles. The van der Waals surface area contributed by atoms with Crippen molar-refractivity contribution in [1.82, 2.24) is 19.9 Å². The van der Waals surface area contributed by atoms with Crippen LogP contribution in [0, 0.1) is 13.8 Å². The zero-order valence-corrected chi connectivity index (χ0v) is 37.5. The van der Waals surface area contributed by atoms with Crippen molar-refractivity contribution in [3.63, 3.8) is 0 Å². The number of hydrogen-bond donors (Lipinski definition) is 8. The molecule has 0 spiro atoms. The van der Waals surface area contributed by atoms with Gasteiger partial charge in [0.05, 0.1) is 22.8 Å². The van der Waals surface area contributed by atoms with Crippen molar-refractivity contribution in [1.29, 1.82) is 0 Å². The van der Waals surface area contributed by atoms with Gasteiger partial charge >= 0.3 is 54.6 Å². The molecule has 0 saturated heterocycles. The Morgan fingerprint density at radius 2 is 1.16 bits per heavy atom. The number of nitrogens with zero attached hydrogens (tertiary/aromatic N) is 3. The van der Waals surface area contributed by atoms with Crippen LogP contribution in [0.4, 0.5) is 0 Å². The van der Waals surface area contributed by atoms with Gasteiger partial charge in [0.15, 0.2) is 5.96 Å². The minimum absolute atomic E-state index is 0.0129. The molecule has 5 rings (SSSR count). The van der Waals surface area contributed by atoms with Gasteiger partial charge in [-0.25, -0.2) is 9.97 Å². The van der Waals surface area contributed by atoms with Gasteiger partial charge in [-0.2, -0.15) is 0 Å². The number of aromatic amines is 2. The summed E-state index contributed by atoms with van der Waals surface area (Å²) in [6.07, 6.45) is 3.32. The molecule has 1 atom stereocenters. The molecule has 0 fully saturated rings. The molecule has 0 amide bonds. The molecule has 0 aliphatic carbocycles. The van der Waals surface area contributed by atoms with Crippen molar-refractivity contribution in [3.8, 4) is 0 Å². The minimum atomic E-state index is -1.00. The molecule has 17 heteroatoms. The number of aliphatic imine (C=N–C) groups is 1. The first kappa shape index (κ1) is 47.0. The number of carboxylic acid groups (broad SMARTS) is 3. The summed E-state index contributed by atoms with van der Waals surface area (Å²) in [7, 11) is 9.87. The van der Waals surface area contributed by atoms with Gasteiger partial charge < -0.3 is 42.5 Å². The monoisotopic (exact) mass is 930 g/mol. The van der Waals surface area contributed by atoms with E-state index in [1.807, 2.05) is 26.0 Å². The van der Waals surface area contributed by atoms with Crippen LogP contribution in [0.25, 0.3) is 44.4 Å². The molecule has 2 aliphatic heterocycles. The molecule has 8 bridgehead atoms. The van der Waals surface area contributed by atoms with E-state index in [1.165, 1.54) is 16.7 Å². The SMILES string of the molecule is CCc1c(C)c2cc3[nH]c(cc4nc(cc5nc(cc1[nH]2)C(C)=C5CCC(=O)O)C(CCC(=O)O)=C4C)c(C)c3CC.NC(N)=NCCC[C@H](N)C(=O)O.[Cl][Sn+2][Cl]. The Balaban J connectivity index is 0.000000494. The van der Waals surface area contributed by atoms with E-state index in [-0.39, 0.29) is 18.8 Å². The van der Waals surface area contributed by atoms with Crippen LogP contribution < -0.4 is 17.2 Å². The van der Waals surface area contributed by atoms with Gasteiger partial charge in [-0.3, -0.25) is 19.4 Å². The van der Waals surface area contributed by atoms with Crippen LogP contribution in [0.2, 0.25) is 0 Å². The maximum atomic E-state index is 11.5. The van der Waals surface area contributed by atoms with Crippen LogP contribution in [0.15, 0.2) is 29.3 Å². The van der Waals surface area contributed by atoms with Gasteiger partial charge in [-0.15, -0.1) is 0 Å². The number of aliphatic carboxylic acids is 3. The van der Waals surface area contributed by atoms with E-state index in [1.54, 1.807) is 0 Å². The number of aryl methyl sites for hydroxylation is 4. The van der Waals surface area contributed by atoms with Gasteiger partial charge in [-0.05, 0) is 135 Å². The third-order valence-corrected chi connectivity index (χ3v) is 9.97. The van der Waals surface area contributed by atoms with E-state index in [2.05, 4.69) is 54.8 Å². The topological polar surface area (TPSA) is 260 Å². The molecule has 11 N–H and O–H groups in total. The van der Waals surface area contributed by atoms with Crippen LogP contribution >= 0.6 is 17.8 Å². The van der Waals surface area contributed by atoms with Gasteiger partial charge in [0.2, 0.25) is 0 Å². The molecule has 2 aliphatic rings. The van der Waals surface area contributed by atoms with E-state index in [0.29, 0.717) is 43.6 Å². The number of fused-ring (bicyclic) bond motifs is 8. The summed E-state index contributed by atoms with van der Waals surface area (Å²) in [6, 6.07) is 7.37. The average Bonchev–Trinajstić information content (AvgIpc) is 3.81. The summed E-state index contributed by atoms with van der Waals surface area (Å²) in [4.78, 5) is 54.2. The summed E-state index contributed by atoms with van der Waals surface area (Å²) in [5.74, 6) is -2.72. The third-order valence-electron chi connectivity index (χ3n) is 9.97. The predicted octanol–water partition coefficient (Wildman–Crippen LogP) is 7.10. The predicted molar refractivity (Wildman–Crippen MR) is 231 cm³/mol. The number of halogens is 2. The van der Waals surface area contributed by atoms with Crippen molar-refractivity contribution >= 4 is 105 Å². The number of H-pyrrole nitrogens is 2. The first-order valence-electron chi connectivity index (χ1n) is 18.5. The molecular formula is C40H52Cl2N8O6Sn+2. The first-order valence-corrected chi connectivity index (χ1v) is 25.8.